The van der Waals surface area contributed by atoms with E-state index in [1.165, 1.54) is 0 Å². The van der Waals surface area contributed by atoms with Crippen LogP contribution < -0.4 is 5.73 Å². The standard InChI is InChI=1S/C13H19N5/c1-4-12(9(2)3)18-13(15-16-17-18)10-5-7-11(14)8-6-10/h5-9,12H,4,14H2,1-3H3. The Kier molecular flexibility index (Phi) is 3.60. The van der Waals surface area contributed by atoms with Gasteiger partial charge in [-0.25, -0.2) is 4.68 Å². The molecule has 18 heavy (non-hydrogen) atoms. The maximum atomic E-state index is 5.69. The first-order valence-corrected chi connectivity index (χ1v) is 6.27. The zero-order valence-electron chi connectivity index (χ0n) is 11.0. The van der Waals surface area contributed by atoms with Crippen LogP contribution in [-0.2, 0) is 0 Å². The summed E-state index contributed by atoms with van der Waals surface area (Å²) in [6, 6.07) is 7.94. The van der Waals surface area contributed by atoms with Crippen LogP contribution in [0.2, 0.25) is 0 Å². The van der Waals surface area contributed by atoms with Gasteiger partial charge < -0.3 is 5.73 Å². The zero-order valence-corrected chi connectivity index (χ0v) is 11.0. The lowest BCUT2D eigenvalue weighted by Gasteiger charge is -2.20. The molecule has 0 saturated carbocycles. The number of nitrogens with zero attached hydrogens (tertiary/aromatic N) is 4. The summed E-state index contributed by atoms with van der Waals surface area (Å²) < 4.78 is 1.91. The van der Waals surface area contributed by atoms with Crippen molar-refractivity contribution in [3.63, 3.8) is 0 Å². The summed E-state index contributed by atoms with van der Waals surface area (Å²) in [6.07, 6.45) is 1.00. The minimum Gasteiger partial charge on any atom is -0.399 e. The lowest BCUT2D eigenvalue weighted by Crippen LogP contribution is -2.17. The van der Waals surface area contributed by atoms with Gasteiger partial charge in [-0.05, 0) is 47.0 Å². The number of aromatic nitrogens is 4. The number of tetrazole rings is 1. The molecule has 2 aromatic rings. The molecule has 1 heterocycles. The number of nitrogens with two attached hydrogens (primary N) is 1. The van der Waals surface area contributed by atoms with Crippen LogP contribution in [0.1, 0.15) is 33.2 Å². The van der Waals surface area contributed by atoms with Crippen molar-refractivity contribution in [3.8, 4) is 11.4 Å². The third-order valence-corrected chi connectivity index (χ3v) is 3.16. The summed E-state index contributed by atoms with van der Waals surface area (Å²) >= 11 is 0. The summed E-state index contributed by atoms with van der Waals surface area (Å²) in [5.74, 6) is 1.29. The molecule has 96 valence electrons. The highest BCUT2D eigenvalue weighted by Gasteiger charge is 2.19. The van der Waals surface area contributed by atoms with Gasteiger partial charge in [0.25, 0.3) is 0 Å². The van der Waals surface area contributed by atoms with Crippen LogP contribution >= 0.6 is 0 Å². The van der Waals surface area contributed by atoms with E-state index >= 15 is 0 Å². The Morgan fingerprint density at radius 1 is 1.22 bits per heavy atom. The highest BCUT2D eigenvalue weighted by Crippen LogP contribution is 2.26. The Morgan fingerprint density at radius 2 is 1.89 bits per heavy atom. The molecular formula is C13H19N5. The van der Waals surface area contributed by atoms with Crippen molar-refractivity contribution in [2.75, 3.05) is 5.73 Å². The van der Waals surface area contributed by atoms with E-state index in [-0.39, 0.29) is 0 Å². The van der Waals surface area contributed by atoms with Crippen LogP contribution in [0.15, 0.2) is 24.3 Å². The summed E-state index contributed by atoms with van der Waals surface area (Å²) in [6.45, 7) is 6.52. The van der Waals surface area contributed by atoms with Crippen LogP contribution in [0.5, 0.6) is 0 Å². The molecule has 1 atom stereocenters. The topological polar surface area (TPSA) is 69.6 Å². The number of nitrogen functional groups attached to an aromatic ring is 1. The molecule has 2 rings (SSSR count). The predicted octanol–water partition coefficient (Wildman–Crippen LogP) is 2.53. The normalized spacial score (nSPS) is 12.9. The van der Waals surface area contributed by atoms with E-state index in [0.29, 0.717) is 12.0 Å². The number of hydrogen-bond donors (Lipinski definition) is 1. The molecule has 0 aliphatic carbocycles. The average Bonchev–Trinajstić information content (AvgIpc) is 2.79. The number of rotatable bonds is 4. The summed E-state index contributed by atoms with van der Waals surface area (Å²) in [4.78, 5) is 0. The van der Waals surface area contributed by atoms with Crippen molar-refractivity contribution in [2.45, 2.75) is 33.2 Å². The number of anilines is 1. The van der Waals surface area contributed by atoms with E-state index < -0.39 is 0 Å². The van der Waals surface area contributed by atoms with Crippen molar-refractivity contribution in [1.29, 1.82) is 0 Å². The van der Waals surface area contributed by atoms with Gasteiger partial charge in [0.2, 0.25) is 0 Å². The van der Waals surface area contributed by atoms with Crippen molar-refractivity contribution < 1.29 is 0 Å². The van der Waals surface area contributed by atoms with Crippen LogP contribution in [0.25, 0.3) is 11.4 Å². The van der Waals surface area contributed by atoms with Crippen molar-refractivity contribution in [2.24, 2.45) is 5.92 Å². The Bertz CT molecular complexity index is 500. The first kappa shape index (κ1) is 12.5. The summed E-state index contributed by atoms with van der Waals surface area (Å²) in [5.41, 5.74) is 7.43. The maximum Gasteiger partial charge on any atom is 0.182 e. The van der Waals surface area contributed by atoms with E-state index in [4.69, 9.17) is 5.73 Å². The van der Waals surface area contributed by atoms with Gasteiger partial charge in [-0.2, -0.15) is 0 Å². The smallest absolute Gasteiger partial charge is 0.182 e. The molecule has 5 nitrogen and oxygen atoms in total. The number of hydrogen-bond acceptors (Lipinski definition) is 4. The number of benzene rings is 1. The van der Waals surface area contributed by atoms with Gasteiger partial charge in [0, 0.05) is 11.3 Å². The van der Waals surface area contributed by atoms with Gasteiger partial charge in [-0.15, -0.1) is 5.10 Å². The second-order valence-electron chi connectivity index (χ2n) is 4.79. The van der Waals surface area contributed by atoms with Crippen LogP contribution in [0.4, 0.5) is 5.69 Å². The van der Waals surface area contributed by atoms with E-state index in [0.717, 1.165) is 23.5 Å². The van der Waals surface area contributed by atoms with E-state index in [1.54, 1.807) is 0 Å². The van der Waals surface area contributed by atoms with Gasteiger partial charge in [-0.3, -0.25) is 0 Å². The van der Waals surface area contributed by atoms with Crippen LogP contribution in [-0.4, -0.2) is 20.2 Å². The first-order chi connectivity index (χ1) is 8.63. The van der Waals surface area contributed by atoms with Gasteiger partial charge in [0.05, 0.1) is 6.04 Å². The highest BCUT2D eigenvalue weighted by molar-refractivity contribution is 5.58. The van der Waals surface area contributed by atoms with Crippen LogP contribution in [0.3, 0.4) is 0 Å². The molecule has 2 N–H and O–H groups in total. The fourth-order valence-electron chi connectivity index (χ4n) is 2.17. The van der Waals surface area contributed by atoms with Crippen molar-refractivity contribution >= 4 is 5.69 Å². The van der Waals surface area contributed by atoms with Crippen molar-refractivity contribution in [3.05, 3.63) is 24.3 Å². The fourth-order valence-corrected chi connectivity index (χ4v) is 2.17. The van der Waals surface area contributed by atoms with Crippen molar-refractivity contribution in [1.82, 2.24) is 20.2 Å². The Hall–Kier alpha value is -1.91. The molecule has 0 amide bonds. The Balaban J connectivity index is 2.41. The largest absolute Gasteiger partial charge is 0.399 e. The molecule has 5 heteroatoms. The van der Waals surface area contributed by atoms with E-state index in [2.05, 4.69) is 36.3 Å². The molecule has 0 saturated heterocycles. The van der Waals surface area contributed by atoms with E-state index in [1.807, 2.05) is 28.9 Å². The first-order valence-electron chi connectivity index (χ1n) is 6.27. The predicted molar refractivity (Wildman–Crippen MR) is 71.8 cm³/mol. The Morgan fingerprint density at radius 3 is 2.44 bits per heavy atom. The van der Waals surface area contributed by atoms with Gasteiger partial charge >= 0.3 is 0 Å². The fraction of sp³-hybridized carbons (Fsp3) is 0.462. The lowest BCUT2D eigenvalue weighted by molar-refractivity contribution is 0.333. The second-order valence-corrected chi connectivity index (χ2v) is 4.79. The zero-order chi connectivity index (χ0) is 13.1. The lowest BCUT2D eigenvalue weighted by atomic mass is 10.0. The minimum absolute atomic E-state index is 0.313. The minimum atomic E-state index is 0.313. The SMILES string of the molecule is CCC(C(C)C)n1nnnc1-c1ccc(N)cc1. The van der Waals surface area contributed by atoms with E-state index in [9.17, 15) is 0 Å². The second kappa shape index (κ2) is 5.16. The molecule has 0 aliphatic rings. The monoisotopic (exact) mass is 245 g/mol. The molecule has 1 unspecified atom stereocenters. The summed E-state index contributed by atoms with van der Waals surface area (Å²) in [5, 5.41) is 12.1. The molecule has 0 spiro atoms. The van der Waals surface area contributed by atoms with Gasteiger partial charge in [0.15, 0.2) is 5.82 Å². The van der Waals surface area contributed by atoms with Gasteiger partial charge in [0.1, 0.15) is 0 Å². The van der Waals surface area contributed by atoms with Gasteiger partial charge in [-0.1, -0.05) is 20.8 Å². The third-order valence-electron chi connectivity index (χ3n) is 3.16. The quantitative estimate of drug-likeness (QED) is 0.840. The molecule has 0 bridgehead atoms. The molecule has 1 aromatic heterocycles. The Labute approximate surface area is 107 Å². The average molecular weight is 245 g/mol. The molecule has 0 fully saturated rings. The maximum absolute atomic E-state index is 5.69. The van der Waals surface area contributed by atoms with Crippen LogP contribution in [0, 0.1) is 5.92 Å². The highest BCUT2D eigenvalue weighted by atomic mass is 15.5. The molecule has 0 aliphatic heterocycles. The molecule has 1 aromatic carbocycles. The molecule has 0 radical (unpaired) electrons. The third kappa shape index (κ3) is 2.34. The molecular weight excluding hydrogens is 226 g/mol. The summed E-state index contributed by atoms with van der Waals surface area (Å²) in [7, 11) is 0.